The number of carbonyl (C=O) groups excluding carboxylic acids is 1. The van der Waals surface area contributed by atoms with E-state index in [0.29, 0.717) is 9.13 Å². The molecule has 0 unspecified atom stereocenters. The summed E-state index contributed by atoms with van der Waals surface area (Å²) in [5.41, 5.74) is 0.636. The fraction of sp³-hybridized carbons (Fsp3) is 0.417. The average Bonchev–Trinajstić information content (AvgIpc) is 2.13. The molecule has 0 aliphatic heterocycles. The van der Waals surface area contributed by atoms with Crippen molar-refractivity contribution in [3.05, 3.63) is 33.1 Å². The Labute approximate surface area is 107 Å². The Morgan fingerprint density at radius 1 is 1.44 bits per heavy atom. The van der Waals surface area contributed by atoms with Crippen molar-refractivity contribution in [1.29, 1.82) is 0 Å². The molecule has 0 spiro atoms. The maximum absolute atomic E-state index is 13.0. The molecule has 84 valence electrons. The molecule has 16 heavy (non-hydrogen) atoms. The summed E-state index contributed by atoms with van der Waals surface area (Å²) in [4.78, 5) is 11.9. The van der Waals surface area contributed by atoms with Crippen LogP contribution in [0.3, 0.4) is 0 Å². The minimum atomic E-state index is -0.275. The second kappa shape index (κ2) is 3.42. The van der Waals surface area contributed by atoms with Gasteiger partial charge in [-0.1, -0.05) is 0 Å². The molecule has 1 N–H and O–H groups in total. The molecule has 4 heteroatoms. The summed E-state index contributed by atoms with van der Waals surface area (Å²) in [5, 5.41) is 3.06. The monoisotopic (exact) mass is 331 g/mol. The van der Waals surface area contributed by atoms with E-state index < -0.39 is 0 Å². The summed E-state index contributed by atoms with van der Waals surface area (Å²) in [6.45, 7) is 0. The number of rotatable bonds is 2. The van der Waals surface area contributed by atoms with Crippen LogP contribution in [0.5, 0.6) is 0 Å². The van der Waals surface area contributed by atoms with Crippen LogP contribution < -0.4 is 5.32 Å². The molecule has 3 aliphatic carbocycles. The summed E-state index contributed by atoms with van der Waals surface area (Å²) in [6, 6.07) is 4.48. The zero-order valence-electron chi connectivity index (χ0n) is 8.59. The van der Waals surface area contributed by atoms with E-state index in [-0.39, 0.29) is 17.3 Å². The Morgan fingerprint density at radius 3 is 2.62 bits per heavy atom. The zero-order chi connectivity index (χ0) is 11.3. The van der Waals surface area contributed by atoms with Gasteiger partial charge < -0.3 is 5.32 Å². The number of hydrogen-bond donors (Lipinski definition) is 1. The highest BCUT2D eigenvalue weighted by atomic mass is 127. The third-order valence-electron chi connectivity index (χ3n) is 3.60. The standard InChI is InChI=1S/C12H11FINO/c13-9-2-1-8(3-10(9)14)11(16)15-12-4-7(5-12)6-12/h1-3,7H,4-6H2,(H,15,16). The van der Waals surface area contributed by atoms with Gasteiger partial charge in [-0.15, -0.1) is 0 Å². The maximum Gasteiger partial charge on any atom is 0.251 e. The van der Waals surface area contributed by atoms with Crippen molar-refractivity contribution in [2.75, 3.05) is 0 Å². The molecular weight excluding hydrogens is 320 g/mol. The molecule has 3 saturated carbocycles. The molecule has 3 fully saturated rings. The molecule has 1 aromatic rings. The number of benzene rings is 1. The van der Waals surface area contributed by atoms with E-state index in [2.05, 4.69) is 5.32 Å². The lowest BCUT2D eigenvalue weighted by Gasteiger charge is -2.61. The van der Waals surface area contributed by atoms with E-state index in [1.807, 2.05) is 22.6 Å². The quantitative estimate of drug-likeness (QED) is 0.830. The summed E-state index contributed by atoms with van der Waals surface area (Å²) >= 11 is 1.90. The molecule has 2 nitrogen and oxygen atoms in total. The van der Waals surface area contributed by atoms with Gasteiger partial charge >= 0.3 is 0 Å². The normalized spacial score (nSPS) is 30.2. The largest absolute Gasteiger partial charge is 0.347 e. The molecule has 0 aromatic heterocycles. The van der Waals surface area contributed by atoms with Gasteiger partial charge in [0.2, 0.25) is 0 Å². The summed E-state index contributed by atoms with van der Waals surface area (Å²) in [7, 11) is 0. The van der Waals surface area contributed by atoms with Gasteiger partial charge in [0.25, 0.3) is 5.91 Å². The van der Waals surface area contributed by atoms with Gasteiger partial charge in [-0.25, -0.2) is 4.39 Å². The van der Waals surface area contributed by atoms with E-state index in [1.54, 1.807) is 6.07 Å². The smallest absolute Gasteiger partial charge is 0.251 e. The van der Waals surface area contributed by atoms with Crippen molar-refractivity contribution in [3.8, 4) is 0 Å². The summed E-state index contributed by atoms with van der Waals surface area (Å²) in [5.74, 6) is 0.493. The van der Waals surface area contributed by atoms with Crippen LogP contribution in [0.15, 0.2) is 18.2 Å². The van der Waals surface area contributed by atoms with Crippen LogP contribution in [-0.4, -0.2) is 11.4 Å². The Bertz CT molecular complexity index is 457. The minimum absolute atomic E-state index is 0.0731. The third-order valence-corrected chi connectivity index (χ3v) is 4.43. The van der Waals surface area contributed by atoms with Gasteiger partial charge in [0.15, 0.2) is 0 Å². The van der Waals surface area contributed by atoms with Crippen molar-refractivity contribution >= 4 is 28.5 Å². The lowest BCUT2D eigenvalue weighted by Crippen LogP contribution is -2.68. The van der Waals surface area contributed by atoms with Crippen LogP contribution in [0.25, 0.3) is 0 Å². The Hall–Kier alpha value is -0.650. The van der Waals surface area contributed by atoms with Gasteiger partial charge in [-0.05, 0) is 66.0 Å². The molecule has 0 saturated heterocycles. The van der Waals surface area contributed by atoms with Crippen molar-refractivity contribution in [3.63, 3.8) is 0 Å². The minimum Gasteiger partial charge on any atom is -0.347 e. The highest BCUT2D eigenvalue weighted by Gasteiger charge is 2.57. The number of hydrogen-bond acceptors (Lipinski definition) is 1. The van der Waals surface area contributed by atoms with Crippen molar-refractivity contribution < 1.29 is 9.18 Å². The van der Waals surface area contributed by atoms with Gasteiger partial charge in [0.05, 0.1) is 0 Å². The fourth-order valence-electron chi connectivity index (χ4n) is 2.58. The van der Waals surface area contributed by atoms with Crippen LogP contribution in [0, 0.1) is 15.3 Å². The highest BCUT2D eigenvalue weighted by Crippen LogP contribution is 2.56. The van der Waals surface area contributed by atoms with Crippen LogP contribution >= 0.6 is 22.6 Å². The van der Waals surface area contributed by atoms with Crippen LogP contribution in [-0.2, 0) is 0 Å². The highest BCUT2D eigenvalue weighted by molar-refractivity contribution is 14.1. The summed E-state index contributed by atoms with van der Waals surface area (Å²) < 4.78 is 13.5. The molecule has 0 heterocycles. The maximum atomic E-state index is 13.0. The first-order valence-corrected chi connectivity index (χ1v) is 6.43. The van der Waals surface area contributed by atoms with Gasteiger partial charge in [0, 0.05) is 14.7 Å². The Balaban J connectivity index is 1.75. The first-order valence-electron chi connectivity index (χ1n) is 5.36. The topological polar surface area (TPSA) is 29.1 Å². The lowest BCUT2D eigenvalue weighted by atomic mass is 9.50. The molecule has 1 aromatic carbocycles. The summed E-state index contributed by atoms with van der Waals surface area (Å²) in [6.07, 6.45) is 3.37. The van der Waals surface area contributed by atoms with E-state index >= 15 is 0 Å². The Morgan fingerprint density at radius 2 is 2.12 bits per heavy atom. The van der Waals surface area contributed by atoms with E-state index in [4.69, 9.17) is 0 Å². The van der Waals surface area contributed by atoms with Crippen LogP contribution in [0.2, 0.25) is 0 Å². The van der Waals surface area contributed by atoms with Crippen molar-refractivity contribution in [2.45, 2.75) is 24.8 Å². The zero-order valence-corrected chi connectivity index (χ0v) is 10.8. The van der Waals surface area contributed by atoms with Crippen LogP contribution in [0.4, 0.5) is 4.39 Å². The van der Waals surface area contributed by atoms with Crippen molar-refractivity contribution in [2.24, 2.45) is 5.92 Å². The number of nitrogens with one attached hydrogen (secondary N) is 1. The van der Waals surface area contributed by atoms with Gasteiger partial charge in [-0.2, -0.15) is 0 Å². The first kappa shape index (κ1) is 10.5. The Kier molecular flexibility index (Phi) is 2.24. The van der Waals surface area contributed by atoms with Crippen LogP contribution in [0.1, 0.15) is 29.6 Å². The molecule has 0 radical (unpaired) electrons. The first-order chi connectivity index (χ1) is 7.58. The van der Waals surface area contributed by atoms with Crippen molar-refractivity contribution in [1.82, 2.24) is 5.32 Å². The van der Waals surface area contributed by atoms with Gasteiger partial charge in [0.1, 0.15) is 5.82 Å². The predicted octanol–water partition coefficient (Wildman–Crippen LogP) is 2.71. The van der Waals surface area contributed by atoms with E-state index in [1.165, 1.54) is 12.1 Å². The molecular formula is C12H11FINO. The van der Waals surface area contributed by atoms with Gasteiger partial charge in [-0.3, -0.25) is 4.79 Å². The second-order valence-corrected chi connectivity index (χ2v) is 6.00. The number of halogens is 2. The molecule has 3 aliphatic rings. The molecule has 4 rings (SSSR count). The SMILES string of the molecule is O=C(NC12CC(C1)C2)c1ccc(F)c(I)c1. The predicted molar refractivity (Wildman–Crippen MR) is 66.7 cm³/mol. The average molecular weight is 331 g/mol. The molecule has 2 bridgehead atoms. The lowest BCUT2D eigenvalue weighted by molar-refractivity contribution is -0.0438. The number of carbonyl (C=O) groups is 1. The van der Waals surface area contributed by atoms with E-state index in [0.717, 1.165) is 25.2 Å². The molecule has 1 amide bonds. The fourth-order valence-corrected chi connectivity index (χ4v) is 3.10. The molecule has 0 atom stereocenters. The van der Waals surface area contributed by atoms with E-state index in [9.17, 15) is 9.18 Å². The number of amides is 1. The second-order valence-electron chi connectivity index (χ2n) is 4.84. The third kappa shape index (κ3) is 1.54.